The van der Waals surface area contributed by atoms with Gasteiger partial charge in [-0.25, -0.2) is 4.79 Å². The van der Waals surface area contributed by atoms with E-state index in [0.717, 1.165) is 10.5 Å². The van der Waals surface area contributed by atoms with Crippen molar-refractivity contribution >= 4 is 12.4 Å². The Balaban J connectivity index is 1.93. The van der Waals surface area contributed by atoms with Crippen LogP contribution in [-0.4, -0.2) is 35.0 Å². The summed E-state index contributed by atoms with van der Waals surface area (Å²) in [5, 5.41) is 9.35. The highest BCUT2D eigenvalue weighted by molar-refractivity contribution is 5.83. The summed E-state index contributed by atoms with van der Waals surface area (Å²) in [5.74, 6) is 0. The second-order valence-electron chi connectivity index (χ2n) is 3.93. The third kappa shape index (κ3) is 2.75. The molecule has 0 fully saturated rings. The number of aldehydes is 1. The number of rotatable bonds is 3. The molecule has 0 unspecified atom stereocenters. The highest BCUT2D eigenvalue weighted by Crippen LogP contribution is 2.15. The van der Waals surface area contributed by atoms with Crippen molar-refractivity contribution in [1.82, 2.24) is 4.90 Å². The lowest BCUT2D eigenvalue weighted by Gasteiger charge is -2.17. The van der Waals surface area contributed by atoms with Gasteiger partial charge in [0.15, 0.2) is 6.29 Å². The van der Waals surface area contributed by atoms with E-state index in [4.69, 9.17) is 4.74 Å². The number of ether oxygens (including phenoxy) is 1. The molecule has 0 spiro atoms. The van der Waals surface area contributed by atoms with Crippen LogP contribution in [0.5, 0.6) is 0 Å². The van der Waals surface area contributed by atoms with Gasteiger partial charge in [0, 0.05) is 0 Å². The van der Waals surface area contributed by atoms with Crippen LogP contribution in [0, 0.1) is 0 Å². The second kappa shape index (κ2) is 5.46. The summed E-state index contributed by atoms with van der Waals surface area (Å²) in [5.41, 5.74) is 1.00. The largest absolute Gasteiger partial charge is 0.444 e. The van der Waals surface area contributed by atoms with Crippen LogP contribution in [0.1, 0.15) is 5.56 Å². The molecular weight excluding hydrogens is 234 g/mol. The standard InChI is InChI=1S/C13H13NO4/c15-8-11-6-12(16)7-14(11)13(17)18-9-10-4-2-1-3-5-10/h1-6,8,12,16H,7,9H2/t12-/m1/s1. The molecule has 1 heterocycles. The van der Waals surface area contributed by atoms with Crippen molar-refractivity contribution in [3.05, 3.63) is 47.7 Å². The number of aliphatic hydroxyl groups is 1. The third-order valence-electron chi connectivity index (χ3n) is 2.59. The second-order valence-corrected chi connectivity index (χ2v) is 3.93. The van der Waals surface area contributed by atoms with Crippen molar-refractivity contribution in [3.63, 3.8) is 0 Å². The van der Waals surface area contributed by atoms with Crippen molar-refractivity contribution in [3.8, 4) is 0 Å². The Morgan fingerprint density at radius 2 is 2.17 bits per heavy atom. The molecule has 5 heteroatoms. The Morgan fingerprint density at radius 1 is 1.44 bits per heavy atom. The van der Waals surface area contributed by atoms with Crippen LogP contribution in [0.15, 0.2) is 42.1 Å². The molecule has 0 aromatic heterocycles. The van der Waals surface area contributed by atoms with E-state index in [9.17, 15) is 14.7 Å². The van der Waals surface area contributed by atoms with E-state index in [1.807, 2.05) is 30.3 Å². The van der Waals surface area contributed by atoms with Crippen LogP contribution in [0.4, 0.5) is 4.79 Å². The number of carbonyl (C=O) groups excluding carboxylic acids is 2. The quantitative estimate of drug-likeness (QED) is 0.812. The molecule has 1 N–H and O–H groups in total. The number of amides is 1. The number of hydrogen-bond acceptors (Lipinski definition) is 4. The Labute approximate surface area is 104 Å². The molecule has 5 nitrogen and oxygen atoms in total. The van der Waals surface area contributed by atoms with Crippen LogP contribution in [0.2, 0.25) is 0 Å². The smallest absolute Gasteiger partial charge is 0.414 e. The summed E-state index contributed by atoms with van der Waals surface area (Å²) in [7, 11) is 0. The first-order chi connectivity index (χ1) is 8.70. The molecule has 94 valence electrons. The topological polar surface area (TPSA) is 66.8 Å². The van der Waals surface area contributed by atoms with Gasteiger partial charge in [0.05, 0.1) is 18.3 Å². The molecule has 2 rings (SSSR count). The average molecular weight is 247 g/mol. The van der Waals surface area contributed by atoms with Crippen LogP contribution in [0.3, 0.4) is 0 Å². The zero-order chi connectivity index (χ0) is 13.0. The average Bonchev–Trinajstić information content (AvgIpc) is 2.78. The normalized spacial score (nSPS) is 18.4. The fraction of sp³-hybridized carbons (Fsp3) is 0.231. The van der Waals surface area contributed by atoms with Crippen LogP contribution >= 0.6 is 0 Å². The van der Waals surface area contributed by atoms with Crippen molar-refractivity contribution in [2.24, 2.45) is 0 Å². The van der Waals surface area contributed by atoms with E-state index >= 15 is 0 Å². The molecule has 1 atom stereocenters. The predicted octanol–water partition coefficient (Wildman–Crippen LogP) is 1.08. The molecule has 0 saturated carbocycles. The minimum Gasteiger partial charge on any atom is -0.444 e. The number of aliphatic hydroxyl groups excluding tert-OH is 1. The van der Waals surface area contributed by atoms with Gasteiger partial charge in [0.2, 0.25) is 0 Å². The van der Waals surface area contributed by atoms with Crippen LogP contribution in [0.25, 0.3) is 0 Å². The molecule has 0 radical (unpaired) electrons. The van der Waals surface area contributed by atoms with Gasteiger partial charge < -0.3 is 9.84 Å². The van der Waals surface area contributed by atoms with Gasteiger partial charge in [-0.3, -0.25) is 9.69 Å². The summed E-state index contributed by atoms with van der Waals surface area (Å²) in [6.07, 6.45) is 0.416. The minimum atomic E-state index is -0.811. The number of carbonyl (C=O) groups is 2. The van der Waals surface area contributed by atoms with Crippen LogP contribution < -0.4 is 0 Å². The summed E-state index contributed by atoms with van der Waals surface area (Å²) in [6.45, 7) is 0.195. The monoisotopic (exact) mass is 247 g/mol. The lowest BCUT2D eigenvalue weighted by atomic mass is 10.2. The Hall–Kier alpha value is -2.14. The molecule has 18 heavy (non-hydrogen) atoms. The molecule has 0 bridgehead atoms. The summed E-state index contributed by atoms with van der Waals surface area (Å²) in [6, 6.07) is 9.24. The van der Waals surface area contributed by atoms with E-state index < -0.39 is 12.2 Å². The molecule has 1 amide bonds. The van der Waals surface area contributed by atoms with Gasteiger partial charge in [-0.1, -0.05) is 30.3 Å². The van der Waals surface area contributed by atoms with Gasteiger partial charge in [-0.2, -0.15) is 0 Å². The van der Waals surface area contributed by atoms with Gasteiger partial charge >= 0.3 is 6.09 Å². The SMILES string of the molecule is O=CC1=C[C@@H](O)CN1C(=O)OCc1ccccc1. The molecule has 1 aromatic carbocycles. The lowest BCUT2D eigenvalue weighted by Crippen LogP contribution is -2.31. The van der Waals surface area contributed by atoms with Crippen molar-refractivity contribution in [2.45, 2.75) is 12.7 Å². The highest BCUT2D eigenvalue weighted by Gasteiger charge is 2.27. The summed E-state index contributed by atoms with van der Waals surface area (Å²) >= 11 is 0. The summed E-state index contributed by atoms with van der Waals surface area (Å²) < 4.78 is 5.07. The first kappa shape index (κ1) is 12.3. The molecule has 1 aromatic rings. The number of nitrogens with zero attached hydrogens (tertiary/aromatic N) is 1. The van der Waals surface area contributed by atoms with Gasteiger partial charge in [0.25, 0.3) is 0 Å². The third-order valence-corrected chi connectivity index (χ3v) is 2.59. The highest BCUT2D eigenvalue weighted by atomic mass is 16.6. The van der Waals surface area contributed by atoms with Gasteiger partial charge in [0.1, 0.15) is 6.61 Å². The molecule has 1 aliphatic heterocycles. The minimum absolute atomic E-state index is 0.0572. The van der Waals surface area contributed by atoms with Crippen molar-refractivity contribution in [1.29, 1.82) is 0 Å². The number of β-amino-alcohol motifs (C(OH)–C–C–N with tert-alkyl or cyclic N) is 1. The first-order valence-corrected chi connectivity index (χ1v) is 5.54. The zero-order valence-corrected chi connectivity index (χ0v) is 9.65. The molecule has 1 aliphatic rings. The maximum atomic E-state index is 11.7. The lowest BCUT2D eigenvalue weighted by molar-refractivity contribution is -0.106. The van der Waals surface area contributed by atoms with Gasteiger partial charge in [-0.05, 0) is 11.6 Å². The van der Waals surface area contributed by atoms with Gasteiger partial charge in [-0.15, -0.1) is 0 Å². The Morgan fingerprint density at radius 3 is 2.83 bits per heavy atom. The number of allylic oxidation sites excluding steroid dienone is 1. The molecule has 0 aliphatic carbocycles. The molecule has 0 saturated heterocycles. The fourth-order valence-electron chi connectivity index (χ4n) is 1.71. The number of hydrogen-bond donors (Lipinski definition) is 1. The van der Waals surface area contributed by atoms with E-state index in [1.54, 1.807) is 0 Å². The summed E-state index contributed by atoms with van der Waals surface area (Å²) in [4.78, 5) is 23.6. The van der Waals surface area contributed by atoms with E-state index in [2.05, 4.69) is 0 Å². The fourth-order valence-corrected chi connectivity index (χ4v) is 1.71. The Kier molecular flexibility index (Phi) is 3.74. The molecular formula is C13H13NO4. The predicted molar refractivity (Wildman–Crippen MR) is 63.5 cm³/mol. The maximum Gasteiger partial charge on any atom is 0.414 e. The van der Waals surface area contributed by atoms with Crippen LogP contribution in [-0.2, 0) is 16.1 Å². The first-order valence-electron chi connectivity index (χ1n) is 5.54. The zero-order valence-electron chi connectivity index (χ0n) is 9.65. The van der Waals surface area contributed by atoms with Crippen molar-refractivity contribution < 1.29 is 19.4 Å². The van der Waals surface area contributed by atoms with E-state index in [0.29, 0.717) is 6.29 Å². The van der Waals surface area contributed by atoms with E-state index in [-0.39, 0.29) is 18.8 Å². The van der Waals surface area contributed by atoms with E-state index in [1.165, 1.54) is 6.08 Å². The number of benzene rings is 1. The maximum absolute atomic E-state index is 11.7. The van der Waals surface area contributed by atoms with Crippen molar-refractivity contribution in [2.75, 3.05) is 6.54 Å². The Bertz CT molecular complexity index is 469.